The van der Waals surface area contributed by atoms with Crippen molar-refractivity contribution in [3.05, 3.63) is 0 Å². The van der Waals surface area contributed by atoms with Gasteiger partial charge in [0.15, 0.2) is 0 Å². The number of rotatable bonds is 0. The van der Waals surface area contributed by atoms with Gasteiger partial charge >= 0.3 is 6.09 Å². The molecule has 1 saturated heterocycles. The third-order valence-electron chi connectivity index (χ3n) is 3.52. The number of carbonyl (C=O) groups excluding carboxylic acids is 1. The number of ether oxygens (including phenoxy) is 1. The van der Waals surface area contributed by atoms with Crippen molar-refractivity contribution in [2.24, 2.45) is 11.8 Å². The van der Waals surface area contributed by atoms with Crippen LogP contribution in [0.4, 0.5) is 4.79 Å². The Morgan fingerprint density at radius 1 is 1.33 bits per heavy atom. The van der Waals surface area contributed by atoms with Crippen molar-refractivity contribution in [1.29, 1.82) is 0 Å². The fraction of sp³-hybridized carbons (Fsp3) is 0.917. The minimum atomic E-state index is -0.371. The molecule has 3 nitrogen and oxygen atoms in total. The summed E-state index contributed by atoms with van der Waals surface area (Å²) in [5.41, 5.74) is -0.371. The van der Waals surface area contributed by atoms with E-state index < -0.39 is 0 Å². The van der Waals surface area contributed by atoms with Crippen molar-refractivity contribution in [3.8, 4) is 0 Å². The smallest absolute Gasteiger partial charge is 0.410 e. The summed E-state index contributed by atoms with van der Waals surface area (Å²) in [5, 5.41) is 0. The van der Waals surface area contributed by atoms with E-state index in [-0.39, 0.29) is 11.7 Å². The van der Waals surface area contributed by atoms with Gasteiger partial charge in [-0.05, 0) is 45.4 Å². The van der Waals surface area contributed by atoms with E-state index >= 15 is 0 Å². The van der Waals surface area contributed by atoms with E-state index in [1.165, 1.54) is 6.42 Å². The number of hydrogen-bond donors (Lipinski definition) is 0. The van der Waals surface area contributed by atoms with Gasteiger partial charge in [0.2, 0.25) is 0 Å². The summed E-state index contributed by atoms with van der Waals surface area (Å²) in [6.45, 7) is 8.95. The first kappa shape index (κ1) is 10.8. The molecule has 2 bridgehead atoms. The van der Waals surface area contributed by atoms with E-state index in [9.17, 15) is 4.79 Å². The molecular formula is C12H21NO2. The molecule has 0 aromatic heterocycles. The molecule has 1 amide bonds. The SMILES string of the molecule is C[C@H]1C[C@@H]2C[C@H]1CN2C(=O)OC(C)(C)C. The van der Waals surface area contributed by atoms with Gasteiger partial charge in [-0.2, -0.15) is 0 Å². The molecule has 3 atom stereocenters. The van der Waals surface area contributed by atoms with E-state index in [0.717, 1.165) is 18.9 Å². The number of nitrogens with zero attached hydrogens (tertiary/aromatic N) is 1. The number of hydrogen-bond acceptors (Lipinski definition) is 2. The third kappa shape index (κ3) is 2.11. The van der Waals surface area contributed by atoms with Gasteiger partial charge in [0, 0.05) is 12.6 Å². The maximum Gasteiger partial charge on any atom is 0.410 e. The highest BCUT2D eigenvalue weighted by Crippen LogP contribution is 2.42. The zero-order valence-corrected chi connectivity index (χ0v) is 10.1. The predicted octanol–water partition coefficient (Wildman–Crippen LogP) is 2.65. The maximum absolute atomic E-state index is 11.9. The summed E-state index contributed by atoms with van der Waals surface area (Å²) in [5.74, 6) is 1.50. The van der Waals surface area contributed by atoms with E-state index in [4.69, 9.17) is 4.74 Å². The van der Waals surface area contributed by atoms with Crippen molar-refractivity contribution < 1.29 is 9.53 Å². The van der Waals surface area contributed by atoms with Crippen molar-refractivity contribution in [1.82, 2.24) is 4.90 Å². The van der Waals surface area contributed by atoms with Crippen molar-refractivity contribution in [2.45, 2.75) is 52.2 Å². The number of carbonyl (C=O) groups is 1. The van der Waals surface area contributed by atoms with Crippen LogP contribution in [0.1, 0.15) is 40.5 Å². The zero-order valence-electron chi connectivity index (χ0n) is 10.1. The monoisotopic (exact) mass is 211 g/mol. The number of fused-ring (bicyclic) bond motifs is 2. The van der Waals surface area contributed by atoms with Crippen molar-refractivity contribution in [2.75, 3.05) is 6.54 Å². The molecule has 86 valence electrons. The fourth-order valence-corrected chi connectivity index (χ4v) is 2.75. The van der Waals surface area contributed by atoms with Gasteiger partial charge in [0.1, 0.15) is 5.60 Å². The Bertz CT molecular complexity index is 267. The molecule has 1 heterocycles. The van der Waals surface area contributed by atoms with E-state index in [2.05, 4.69) is 6.92 Å². The summed E-state index contributed by atoms with van der Waals surface area (Å²) >= 11 is 0. The van der Waals surface area contributed by atoms with Gasteiger partial charge in [-0.15, -0.1) is 0 Å². The molecule has 2 rings (SSSR count). The molecule has 1 aliphatic carbocycles. The van der Waals surface area contributed by atoms with Gasteiger partial charge in [0.25, 0.3) is 0 Å². The first-order chi connectivity index (χ1) is 6.87. The minimum Gasteiger partial charge on any atom is -0.444 e. The number of piperidine rings is 1. The van der Waals surface area contributed by atoms with Crippen LogP contribution in [-0.2, 0) is 4.74 Å². The molecule has 0 radical (unpaired) electrons. The van der Waals surface area contributed by atoms with Crippen LogP contribution in [0.2, 0.25) is 0 Å². The Labute approximate surface area is 91.8 Å². The largest absolute Gasteiger partial charge is 0.444 e. The Kier molecular flexibility index (Phi) is 2.44. The Hall–Kier alpha value is -0.730. The second-order valence-electron chi connectivity index (χ2n) is 6.00. The summed E-state index contributed by atoms with van der Waals surface area (Å²) in [4.78, 5) is 13.8. The molecule has 2 fully saturated rings. The normalized spacial score (nSPS) is 34.7. The first-order valence-corrected chi connectivity index (χ1v) is 5.86. The van der Waals surface area contributed by atoms with Crippen LogP contribution >= 0.6 is 0 Å². The average Bonchev–Trinajstić information content (AvgIpc) is 2.58. The second-order valence-corrected chi connectivity index (χ2v) is 6.00. The Morgan fingerprint density at radius 3 is 2.40 bits per heavy atom. The first-order valence-electron chi connectivity index (χ1n) is 5.86. The zero-order chi connectivity index (χ0) is 11.2. The van der Waals surface area contributed by atoms with Crippen LogP contribution in [0.25, 0.3) is 0 Å². The van der Waals surface area contributed by atoms with Gasteiger partial charge < -0.3 is 9.64 Å². The molecule has 1 saturated carbocycles. The molecule has 0 N–H and O–H groups in total. The highest BCUT2D eigenvalue weighted by molar-refractivity contribution is 5.69. The highest BCUT2D eigenvalue weighted by Gasteiger charge is 2.45. The summed E-state index contributed by atoms with van der Waals surface area (Å²) in [7, 11) is 0. The quantitative estimate of drug-likeness (QED) is 0.616. The van der Waals surface area contributed by atoms with Crippen LogP contribution in [-0.4, -0.2) is 29.2 Å². The highest BCUT2D eigenvalue weighted by atomic mass is 16.6. The minimum absolute atomic E-state index is 0.123. The van der Waals surface area contributed by atoms with Gasteiger partial charge in [-0.25, -0.2) is 4.79 Å². The van der Waals surface area contributed by atoms with Crippen LogP contribution in [0.5, 0.6) is 0 Å². The lowest BCUT2D eigenvalue weighted by molar-refractivity contribution is 0.0167. The Morgan fingerprint density at radius 2 is 2.00 bits per heavy atom. The molecule has 15 heavy (non-hydrogen) atoms. The molecule has 1 aliphatic heterocycles. The van der Waals surface area contributed by atoms with Crippen LogP contribution in [0, 0.1) is 11.8 Å². The summed E-state index contributed by atoms with van der Waals surface area (Å²) < 4.78 is 5.40. The summed E-state index contributed by atoms with van der Waals surface area (Å²) in [6.07, 6.45) is 2.21. The van der Waals surface area contributed by atoms with Crippen molar-refractivity contribution >= 4 is 6.09 Å². The fourth-order valence-electron chi connectivity index (χ4n) is 2.75. The van der Waals surface area contributed by atoms with Crippen molar-refractivity contribution in [3.63, 3.8) is 0 Å². The predicted molar refractivity (Wildman–Crippen MR) is 58.6 cm³/mol. The molecule has 0 unspecified atom stereocenters. The molecule has 0 aromatic carbocycles. The molecule has 0 spiro atoms. The number of likely N-dealkylation sites (tertiary alicyclic amines) is 1. The van der Waals surface area contributed by atoms with Gasteiger partial charge in [0.05, 0.1) is 0 Å². The molecular weight excluding hydrogens is 190 g/mol. The topological polar surface area (TPSA) is 29.5 Å². The van der Waals surface area contributed by atoms with Crippen LogP contribution in [0.15, 0.2) is 0 Å². The van der Waals surface area contributed by atoms with E-state index in [1.54, 1.807) is 0 Å². The lowest BCUT2D eigenvalue weighted by Crippen LogP contribution is -2.42. The lowest BCUT2D eigenvalue weighted by Gasteiger charge is -2.32. The van der Waals surface area contributed by atoms with Gasteiger partial charge in [-0.1, -0.05) is 6.92 Å². The second kappa shape index (κ2) is 3.39. The summed E-state index contributed by atoms with van der Waals surface area (Å²) in [6, 6.07) is 0.444. The Balaban J connectivity index is 1.94. The van der Waals surface area contributed by atoms with Crippen LogP contribution < -0.4 is 0 Å². The molecule has 0 aromatic rings. The van der Waals surface area contributed by atoms with Gasteiger partial charge in [-0.3, -0.25) is 0 Å². The molecule has 2 aliphatic rings. The van der Waals surface area contributed by atoms with Crippen LogP contribution in [0.3, 0.4) is 0 Å². The van der Waals surface area contributed by atoms with E-state index in [0.29, 0.717) is 12.0 Å². The maximum atomic E-state index is 11.9. The van der Waals surface area contributed by atoms with E-state index in [1.807, 2.05) is 25.7 Å². The third-order valence-corrected chi connectivity index (χ3v) is 3.52. The standard InChI is InChI=1S/C12H21NO2/c1-8-5-10-6-9(8)7-13(10)11(14)15-12(2,3)4/h8-10H,5-7H2,1-4H3/t8-,9-,10+/m0/s1. The lowest BCUT2D eigenvalue weighted by atomic mass is 9.97. The molecule has 3 heteroatoms. The number of amides is 1. The average molecular weight is 211 g/mol.